The number of nitrogens with zero attached hydrogens (tertiary/aromatic N) is 1. The maximum absolute atomic E-state index is 5.31. The van der Waals surface area contributed by atoms with Crippen LogP contribution >= 0.6 is 11.8 Å². The molecular formula is C12H13NOS. The van der Waals surface area contributed by atoms with Crippen LogP contribution in [0.15, 0.2) is 40.0 Å². The molecule has 0 spiro atoms. The predicted molar refractivity (Wildman–Crippen MR) is 63.1 cm³/mol. The molecule has 0 atom stereocenters. The Hall–Kier alpha value is -1.22. The molecule has 0 N–H and O–H groups in total. The van der Waals surface area contributed by atoms with E-state index in [0.29, 0.717) is 0 Å². The molecule has 0 fully saturated rings. The highest BCUT2D eigenvalue weighted by atomic mass is 32.2. The second kappa shape index (κ2) is 4.53. The number of hydrogen-bond acceptors (Lipinski definition) is 3. The van der Waals surface area contributed by atoms with Crippen LogP contribution in [0.25, 0.3) is 11.3 Å². The fourth-order valence-electron chi connectivity index (χ4n) is 1.51. The van der Waals surface area contributed by atoms with E-state index in [1.165, 1.54) is 11.3 Å². The molecule has 0 amide bonds. The lowest BCUT2D eigenvalue weighted by Crippen LogP contribution is -1.83. The van der Waals surface area contributed by atoms with Crippen LogP contribution in [0.2, 0.25) is 0 Å². The third-order valence-corrected chi connectivity index (χ3v) is 3.07. The number of thioether (sulfide) groups is 1. The molecule has 0 saturated carbocycles. The van der Waals surface area contributed by atoms with Gasteiger partial charge in [-0.25, -0.2) is 4.98 Å². The molecule has 1 heterocycles. The van der Waals surface area contributed by atoms with E-state index in [1.807, 2.05) is 0 Å². The van der Waals surface area contributed by atoms with Crippen molar-refractivity contribution in [2.75, 3.05) is 6.26 Å². The van der Waals surface area contributed by atoms with Gasteiger partial charge in [-0.3, -0.25) is 0 Å². The molecule has 0 radical (unpaired) electrons. The van der Waals surface area contributed by atoms with Crippen LogP contribution in [0.5, 0.6) is 0 Å². The van der Waals surface area contributed by atoms with E-state index in [4.69, 9.17) is 4.42 Å². The zero-order valence-electron chi connectivity index (χ0n) is 8.86. The number of benzene rings is 1. The first kappa shape index (κ1) is 10.3. The molecule has 3 heteroatoms. The highest BCUT2D eigenvalue weighted by Gasteiger charge is 2.07. The summed E-state index contributed by atoms with van der Waals surface area (Å²) >= 11 is 1.74. The zero-order valence-corrected chi connectivity index (χ0v) is 9.67. The Morgan fingerprint density at radius 2 is 2.00 bits per heavy atom. The van der Waals surface area contributed by atoms with Gasteiger partial charge in [-0.2, -0.15) is 0 Å². The Bertz CT molecular complexity index is 433. The summed E-state index contributed by atoms with van der Waals surface area (Å²) < 4.78 is 5.31. The Balaban J connectivity index is 2.37. The van der Waals surface area contributed by atoms with Crippen LogP contribution in [0.4, 0.5) is 0 Å². The van der Waals surface area contributed by atoms with Gasteiger partial charge in [0.15, 0.2) is 6.39 Å². The van der Waals surface area contributed by atoms with Crippen molar-refractivity contribution >= 4 is 11.8 Å². The van der Waals surface area contributed by atoms with E-state index < -0.39 is 0 Å². The number of hydrogen-bond donors (Lipinski definition) is 0. The Morgan fingerprint density at radius 1 is 1.27 bits per heavy atom. The lowest BCUT2D eigenvalue weighted by atomic mass is 10.1. The van der Waals surface area contributed by atoms with Crippen molar-refractivity contribution in [2.45, 2.75) is 18.2 Å². The molecule has 2 aromatic rings. The summed E-state index contributed by atoms with van der Waals surface area (Å²) in [6.45, 7) is 2.07. The first-order chi connectivity index (χ1) is 7.35. The first-order valence-electron chi connectivity index (χ1n) is 4.92. The number of aryl methyl sites for hydroxylation is 1. The Labute approximate surface area is 93.7 Å². The standard InChI is InChI=1S/C12H13NOS/c1-3-11-12(13-8-14-11)9-4-6-10(15-2)7-5-9/h4-8H,3H2,1-2H3. The van der Waals surface area contributed by atoms with Crippen molar-refractivity contribution in [3.63, 3.8) is 0 Å². The Morgan fingerprint density at radius 3 is 2.60 bits per heavy atom. The van der Waals surface area contributed by atoms with Gasteiger partial charge in [-0.1, -0.05) is 19.1 Å². The summed E-state index contributed by atoms with van der Waals surface area (Å²) in [6.07, 6.45) is 4.46. The second-order valence-electron chi connectivity index (χ2n) is 3.21. The normalized spacial score (nSPS) is 10.5. The van der Waals surface area contributed by atoms with Crippen LogP contribution in [-0.4, -0.2) is 11.2 Å². The predicted octanol–water partition coefficient (Wildman–Crippen LogP) is 3.63. The van der Waals surface area contributed by atoms with E-state index in [-0.39, 0.29) is 0 Å². The van der Waals surface area contributed by atoms with Crippen LogP contribution in [0.1, 0.15) is 12.7 Å². The molecule has 0 aliphatic rings. The van der Waals surface area contributed by atoms with Gasteiger partial charge >= 0.3 is 0 Å². The molecule has 0 aliphatic carbocycles. The molecule has 0 saturated heterocycles. The second-order valence-corrected chi connectivity index (χ2v) is 4.09. The van der Waals surface area contributed by atoms with Crippen LogP contribution < -0.4 is 0 Å². The third-order valence-electron chi connectivity index (χ3n) is 2.33. The molecular weight excluding hydrogens is 206 g/mol. The van der Waals surface area contributed by atoms with E-state index in [9.17, 15) is 0 Å². The van der Waals surface area contributed by atoms with E-state index in [2.05, 4.69) is 42.4 Å². The number of oxazole rings is 1. The van der Waals surface area contributed by atoms with Gasteiger partial charge in [0, 0.05) is 16.9 Å². The number of rotatable bonds is 3. The van der Waals surface area contributed by atoms with Gasteiger partial charge in [0.2, 0.25) is 0 Å². The Kier molecular flexibility index (Phi) is 3.11. The van der Waals surface area contributed by atoms with Gasteiger partial charge < -0.3 is 4.42 Å². The summed E-state index contributed by atoms with van der Waals surface area (Å²) in [5.41, 5.74) is 2.09. The minimum absolute atomic E-state index is 0.875. The van der Waals surface area contributed by atoms with Gasteiger partial charge in [0.1, 0.15) is 11.5 Å². The summed E-state index contributed by atoms with van der Waals surface area (Å²) in [6, 6.07) is 8.38. The minimum Gasteiger partial charge on any atom is -0.448 e. The van der Waals surface area contributed by atoms with Crippen molar-refractivity contribution in [3.8, 4) is 11.3 Å². The fourth-order valence-corrected chi connectivity index (χ4v) is 1.91. The highest BCUT2D eigenvalue weighted by Crippen LogP contribution is 2.24. The molecule has 15 heavy (non-hydrogen) atoms. The maximum atomic E-state index is 5.31. The zero-order chi connectivity index (χ0) is 10.7. The summed E-state index contributed by atoms with van der Waals surface area (Å²) in [7, 11) is 0. The van der Waals surface area contributed by atoms with Crippen LogP contribution in [0.3, 0.4) is 0 Å². The van der Waals surface area contributed by atoms with Crippen LogP contribution in [0, 0.1) is 0 Å². The third kappa shape index (κ3) is 2.07. The van der Waals surface area contributed by atoms with E-state index in [1.54, 1.807) is 11.8 Å². The lowest BCUT2D eigenvalue weighted by Gasteiger charge is -2.00. The summed E-state index contributed by atoms with van der Waals surface area (Å²) in [5, 5.41) is 0. The summed E-state index contributed by atoms with van der Waals surface area (Å²) in [5.74, 6) is 0.951. The molecule has 1 aromatic heterocycles. The number of aromatic nitrogens is 1. The maximum Gasteiger partial charge on any atom is 0.181 e. The topological polar surface area (TPSA) is 26.0 Å². The quantitative estimate of drug-likeness (QED) is 0.737. The van der Waals surface area contributed by atoms with Gasteiger partial charge in [0.05, 0.1) is 0 Å². The molecule has 2 rings (SSSR count). The largest absolute Gasteiger partial charge is 0.448 e. The lowest BCUT2D eigenvalue weighted by molar-refractivity contribution is 0.510. The highest BCUT2D eigenvalue weighted by molar-refractivity contribution is 7.98. The monoisotopic (exact) mass is 219 g/mol. The SMILES string of the molecule is CCc1ocnc1-c1ccc(SC)cc1. The van der Waals surface area contributed by atoms with E-state index in [0.717, 1.165) is 23.4 Å². The molecule has 78 valence electrons. The van der Waals surface area contributed by atoms with Crippen molar-refractivity contribution in [3.05, 3.63) is 36.4 Å². The van der Waals surface area contributed by atoms with Gasteiger partial charge in [-0.05, 0) is 18.4 Å². The van der Waals surface area contributed by atoms with Crippen molar-refractivity contribution in [2.24, 2.45) is 0 Å². The van der Waals surface area contributed by atoms with Crippen molar-refractivity contribution in [1.82, 2.24) is 4.98 Å². The van der Waals surface area contributed by atoms with Crippen LogP contribution in [-0.2, 0) is 6.42 Å². The average Bonchev–Trinajstić information content (AvgIpc) is 2.77. The smallest absolute Gasteiger partial charge is 0.181 e. The molecule has 0 aliphatic heterocycles. The van der Waals surface area contributed by atoms with Gasteiger partial charge in [-0.15, -0.1) is 11.8 Å². The minimum atomic E-state index is 0.875. The average molecular weight is 219 g/mol. The van der Waals surface area contributed by atoms with Crippen molar-refractivity contribution in [1.29, 1.82) is 0 Å². The van der Waals surface area contributed by atoms with Crippen molar-refractivity contribution < 1.29 is 4.42 Å². The van der Waals surface area contributed by atoms with E-state index >= 15 is 0 Å². The van der Waals surface area contributed by atoms with Gasteiger partial charge in [0.25, 0.3) is 0 Å². The fraction of sp³-hybridized carbons (Fsp3) is 0.250. The summed E-state index contributed by atoms with van der Waals surface area (Å²) in [4.78, 5) is 5.50. The molecule has 1 aromatic carbocycles. The molecule has 0 unspecified atom stereocenters. The molecule has 2 nitrogen and oxygen atoms in total. The first-order valence-corrected chi connectivity index (χ1v) is 6.14. The molecule has 0 bridgehead atoms.